The number of pyridine rings is 1. The van der Waals surface area contributed by atoms with Crippen LogP contribution >= 0.6 is 0 Å². The highest BCUT2D eigenvalue weighted by atomic mass is 19.4. The van der Waals surface area contributed by atoms with Crippen molar-refractivity contribution in [3.63, 3.8) is 0 Å². The van der Waals surface area contributed by atoms with Crippen LogP contribution in [0.5, 0.6) is 5.75 Å². The molecule has 0 saturated carbocycles. The maximum atomic E-state index is 14.9. The Morgan fingerprint density at radius 2 is 1.92 bits per heavy atom. The van der Waals surface area contributed by atoms with Crippen LogP contribution in [0.25, 0.3) is 0 Å². The lowest BCUT2D eigenvalue weighted by atomic mass is 9.77. The van der Waals surface area contributed by atoms with Gasteiger partial charge in [-0.05, 0) is 25.1 Å². The number of nitrogens with one attached hydrogen (secondary N) is 2. The third-order valence-corrected chi connectivity index (χ3v) is 7.02. The number of ether oxygens (including phenoxy) is 3. The molecule has 2 aromatic rings. The minimum Gasteiger partial charge on any atom is -0.490 e. The van der Waals surface area contributed by atoms with Crippen molar-refractivity contribution in [3.8, 4) is 5.75 Å². The molecule has 0 aliphatic carbocycles. The summed E-state index contributed by atoms with van der Waals surface area (Å²) in [5.41, 5.74) is -2.90. The quantitative estimate of drug-likeness (QED) is 0.516. The van der Waals surface area contributed by atoms with E-state index in [0.29, 0.717) is 13.2 Å². The highest BCUT2D eigenvalue weighted by molar-refractivity contribution is 5.97. The molecule has 0 bridgehead atoms. The van der Waals surface area contributed by atoms with Gasteiger partial charge in [-0.25, -0.2) is 4.39 Å². The van der Waals surface area contributed by atoms with Crippen LogP contribution in [-0.2, 0) is 14.3 Å². The molecule has 1 aromatic heterocycles. The van der Waals surface area contributed by atoms with E-state index in [1.165, 1.54) is 32.3 Å². The van der Waals surface area contributed by atoms with E-state index in [1.54, 1.807) is 0 Å². The first kappa shape index (κ1) is 27.7. The summed E-state index contributed by atoms with van der Waals surface area (Å²) in [4.78, 5) is 29.1. The molecule has 0 spiro atoms. The van der Waals surface area contributed by atoms with Gasteiger partial charge in [-0.1, -0.05) is 13.0 Å². The van der Waals surface area contributed by atoms with Gasteiger partial charge < -0.3 is 24.8 Å². The summed E-state index contributed by atoms with van der Waals surface area (Å²) in [5.74, 6) is -7.60. The van der Waals surface area contributed by atoms with Crippen LogP contribution < -0.4 is 15.4 Å². The zero-order valence-corrected chi connectivity index (χ0v) is 20.7. The van der Waals surface area contributed by atoms with E-state index >= 15 is 0 Å². The summed E-state index contributed by atoms with van der Waals surface area (Å²) < 4.78 is 87.7. The molecular weight excluding hydrogens is 517 g/mol. The van der Waals surface area contributed by atoms with Gasteiger partial charge in [0.2, 0.25) is 5.82 Å². The molecule has 206 valence electrons. The maximum absolute atomic E-state index is 14.9. The lowest BCUT2D eigenvalue weighted by Gasteiger charge is -2.32. The summed E-state index contributed by atoms with van der Waals surface area (Å²) in [7, 11) is 1.38. The van der Waals surface area contributed by atoms with Gasteiger partial charge in [-0.3, -0.25) is 14.6 Å². The molecule has 0 radical (unpaired) electrons. The van der Waals surface area contributed by atoms with Gasteiger partial charge in [0.25, 0.3) is 11.8 Å². The highest BCUT2D eigenvalue weighted by Crippen LogP contribution is 2.55. The average molecular weight is 543 g/mol. The smallest absolute Gasteiger partial charge is 0.417 e. The predicted octanol–water partition coefficient (Wildman–Crippen LogP) is 3.82. The summed E-state index contributed by atoms with van der Waals surface area (Å²) in [6.45, 7) is 2.67. The number of hydrogen-bond donors (Lipinski definition) is 2. The number of amides is 2. The molecular formula is C25H26F5N3O5. The number of nitrogens with zero attached hydrogens (tertiary/aromatic N) is 1. The highest BCUT2D eigenvalue weighted by Gasteiger charge is 2.66. The van der Waals surface area contributed by atoms with E-state index < -0.39 is 58.9 Å². The Kier molecular flexibility index (Phi) is 7.62. The van der Waals surface area contributed by atoms with Crippen molar-refractivity contribution in [1.82, 2.24) is 10.3 Å². The number of carbonyl (C=O) groups is 2. The predicted molar refractivity (Wildman–Crippen MR) is 124 cm³/mol. The van der Waals surface area contributed by atoms with Crippen LogP contribution in [-0.4, -0.2) is 61.5 Å². The monoisotopic (exact) mass is 543 g/mol. The first-order valence-corrected chi connectivity index (χ1v) is 11.8. The fourth-order valence-corrected chi connectivity index (χ4v) is 4.54. The number of alkyl halides is 3. The topological polar surface area (TPSA) is 98.8 Å². The van der Waals surface area contributed by atoms with Gasteiger partial charge in [0.05, 0.1) is 19.8 Å². The Morgan fingerprint density at radius 3 is 2.53 bits per heavy atom. The number of halogens is 5. The first-order valence-electron chi connectivity index (χ1n) is 11.8. The molecule has 2 N–H and O–H groups in total. The van der Waals surface area contributed by atoms with Crippen LogP contribution in [0.1, 0.15) is 35.8 Å². The standard InChI is InChI=1S/C25H26F5N3O5/c1-12-18(15-4-5-16(26)19(27)20(15)37-11-13-9-36-10-13)21(38-24(12,2)25(28,29)30)23(35)33-14-6-7-32-17(8-14)22(34)31-3/h4-8,12-13,18,21H,9-11H2,1-3H3,(H,31,34)(H,32,33,35)/t12-,18-,21+,24+/m0/s1. The Hall–Kier alpha value is -3.32. The van der Waals surface area contributed by atoms with Gasteiger partial charge in [0, 0.05) is 42.2 Å². The zero-order chi connectivity index (χ0) is 27.8. The van der Waals surface area contributed by atoms with Crippen LogP contribution in [0.15, 0.2) is 30.5 Å². The number of hydrogen-bond acceptors (Lipinski definition) is 6. The Morgan fingerprint density at radius 1 is 1.21 bits per heavy atom. The van der Waals surface area contributed by atoms with Crippen molar-refractivity contribution in [2.45, 2.75) is 37.6 Å². The second-order valence-electron chi connectivity index (χ2n) is 9.45. The summed E-state index contributed by atoms with van der Waals surface area (Å²) >= 11 is 0. The molecule has 13 heteroatoms. The van der Waals surface area contributed by atoms with E-state index in [0.717, 1.165) is 19.1 Å². The second kappa shape index (κ2) is 10.4. The number of anilines is 1. The number of aromatic nitrogens is 1. The minimum atomic E-state index is -4.90. The van der Waals surface area contributed by atoms with E-state index in [9.17, 15) is 31.5 Å². The molecule has 1 aromatic carbocycles. The van der Waals surface area contributed by atoms with E-state index in [-0.39, 0.29) is 29.5 Å². The fourth-order valence-electron chi connectivity index (χ4n) is 4.54. The fraction of sp³-hybridized carbons (Fsp3) is 0.480. The summed E-state index contributed by atoms with van der Waals surface area (Å²) in [6, 6.07) is 4.45. The lowest BCUT2D eigenvalue weighted by molar-refractivity contribution is -0.272. The van der Waals surface area contributed by atoms with Crippen molar-refractivity contribution in [1.29, 1.82) is 0 Å². The van der Waals surface area contributed by atoms with Crippen molar-refractivity contribution >= 4 is 17.5 Å². The molecule has 2 fully saturated rings. The van der Waals surface area contributed by atoms with Crippen molar-refractivity contribution in [3.05, 3.63) is 53.4 Å². The van der Waals surface area contributed by atoms with Crippen LogP contribution in [0, 0.1) is 23.5 Å². The molecule has 38 heavy (non-hydrogen) atoms. The summed E-state index contributed by atoms with van der Waals surface area (Å²) in [6.07, 6.45) is -5.43. The Labute approximate surface area is 214 Å². The van der Waals surface area contributed by atoms with Gasteiger partial charge in [0.1, 0.15) is 11.8 Å². The molecule has 2 saturated heterocycles. The largest absolute Gasteiger partial charge is 0.490 e. The molecule has 2 aliphatic heterocycles. The third-order valence-electron chi connectivity index (χ3n) is 7.02. The Bertz CT molecular complexity index is 1220. The maximum Gasteiger partial charge on any atom is 0.417 e. The molecule has 2 amide bonds. The van der Waals surface area contributed by atoms with Crippen LogP contribution in [0.3, 0.4) is 0 Å². The van der Waals surface area contributed by atoms with Crippen molar-refractivity contribution in [2.24, 2.45) is 11.8 Å². The van der Waals surface area contributed by atoms with E-state index in [4.69, 9.17) is 14.2 Å². The second-order valence-corrected chi connectivity index (χ2v) is 9.45. The minimum absolute atomic E-state index is 0.0426. The number of carbonyl (C=O) groups excluding carboxylic acids is 2. The molecule has 4 rings (SSSR count). The first-order chi connectivity index (χ1) is 17.9. The SMILES string of the molecule is CNC(=O)c1cc(NC(=O)[C@@H]2O[C@@](C)(C(F)(F)F)[C@@H](C)[C@H]2c2ccc(F)c(F)c2OCC2COC2)ccn1. The van der Waals surface area contributed by atoms with Crippen molar-refractivity contribution in [2.75, 3.05) is 32.2 Å². The Balaban J connectivity index is 1.73. The molecule has 3 heterocycles. The van der Waals surface area contributed by atoms with E-state index in [2.05, 4.69) is 15.6 Å². The van der Waals surface area contributed by atoms with Crippen LogP contribution in [0.4, 0.5) is 27.6 Å². The van der Waals surface area contributed by atoms with Crippen molar-refractivity contribution < 1.29 is 45.8 Å². The molecule has 2 aliphatic rings. The third kappa shape index (κ3) is 5.04. The molecule has 8 nitrogen and oxygen atoms in total. The summed E-state index contributed by atoms with van der Waals surface area (Å²) in [5, 5.41) is 4.82. The average Bonchev–Trinajstić information content (AvgIpc) is 3.12. The van der Waals surface area contributed by atoms with Gasteiger partial charge in [-0.15, -0.1) is 0 Å². The van der Waals surface area contributed by atoms with Gasteiger partial charge in [0.15, 0.2) is 17.2 Å². The molecule has 4 atom stereocenters. The number of benzene rings is 1. The molecule has 0 unspecified atom stereocenters. The zero-order valence-electron chi connectivity index (χ0n) is 20.7. The lowest BCUT2D eigenvalue weighted by Crippen LogP contribution is -2.47. The number of rotatable bonds is 7. The van der Waals surface area contributed by atoms with Gasteiger partial charge in [-0.2, -0.15) is 17.6 Å². The van der Waals surface area contributed by atoms with E-state index in [1.807, 2.05) is 0 Å². The van der Waals surface area contributed by atoms with Gasteiger partial charge >= 0.3 is 6.18 Å². The van der Waals surface area contributed by atoms with Crippen LogP contribution in [0.2, 0.25) is 0 Å². The normalized spacial score (nSPS) is 25.5.